The van der Waals surface area contributed by atoms with Gasteiger partial charge in [-0.05, 0) is 38.3 Å². The topological polar surface area (TPSA) is 28.5 Å². The third kappa shape index (κ3) is 3.81. The van der Waals surface area contributed by atoms with Gasteiger partial charge in [0.05, 0.1) is 5.56 Å². The molecule has 0 N–H and O–H groups in total. The first-order valence-corrected chi connectivity index (χ1v) is 10.4. The van der Waals surface area contributed by atoms with Crippen LogP contribution in [0.5, 0.6) is 0 Å². The predicted octanol–water partition coefficient (Wildman–Crippen LogP) is 3.85. The van der Waals surface area contributed by atoms with Gasteiger partial charge >= 0.3 is 0 Å². The minimum absolute atomic E-state index is 0.202. The molecule has 0 atom stereocenters. The van der Waals surface area contributed by atoms with Crippen LogP contribution in [0.3, 0.4) is 0 Å². The third-order valence-electron chi connectivity index (χ3n) is 6.43. The van der Waals surface area contributed by atoms with Crippen molar-refractivity contribution in [2.45, 2.75) is 52.1 Å². The van der Waals surface area contributed by atoms with Gasteiger partial charge in [-0.1, -0.05) is 43.2 Å². The fourth-order valence-electron chi connectivity index (χ4n) is 4.76. The minimum Gasteiger partial charge on any atom is -0.344 e. The molecule has 4 nitrogen and oxygen atoms in total. The first kappa shape index (κ1) is 18.3. The van der Waals surface area contributed by atoms with E-state index in [1.165, 1.54) is 31.2 Å². The Bertz CT molecular complexity index is 781. The Morgan fingerprint density at radius 1 is 1.00 bits per heavy atom. The van der Waals surface area contributed by atoms with Crippen LogP contribution < -0.4 is 0 Å². The van der Waals surface area contributed by atoms with Crippen molar-refractivity contribution >= 4 is 5.91 Å². The van der Waals surface area contributed by atoms with Gasteiger partial charge in [-0.2, -0.15) is 0 Å². The molecule has 1 amide bonds. The predicted molar refractivity (Wildman–Crippen MR) is 109 cm³/mol. The molecule has 1 aliphatic carbocycles. The van der Waals surface area contributed by atoms with Gasteiger partial charge in [0.25, 0.3) is 5.91 Å². The van der Waals surface area contributed by atoms with Crippen molar-refractivity contribution in [2.75, 3.05) is 26.2 Å². The first-order valence-electron chi connectivity index (χ1n) is 10.4. The van der Waals surface area contributed by atoms with Crippen molar-refractivity contribution in [3.63, 3.8) is 0 Å². The number of carbonyl (C=O) groups excluding carboxylic acids is 1. The molecule has 2 aliphatic rings. The van der Waals surface area contributed by atoms with Gasteiger partial charge in [0, 0.05) is 50.2 Å². The largest absolute Gasteiger partial charge is 0.344 e. The minimum atomic E-state index is 0.202. The highest BCUT2D eigenvalue weighted by Crippen LogP contribution is 2.25. The zero-order chi connectivity index (χ0) is 18.8. The van der Waals surface area contributed by atoms with E-state index in [0.29, 0.717) is 0 Å². The van der Waals surface area contributed by atoms with E-state index >= 15 is 0 Å². The van der Waals surface area contributed by atoms with E-state index in [0.717, 1.165) is 55.7 Å². The second-order valence-corrected chi connectivity index (χ2v) is 8.12. The van der Waals surface area contributed by atoms with Crippen LogP contribution in [0.2, 0.25) is 0 Å². The van der Waals surface area contributed by atoms with Crippen molar-refractivity contribution in [3.8, 4) is 0 Å². The van der Waals surface area contributed by atoms with Crippen LogP contribution in [0, 0.1) is 13.8 Å². The first-order chi connectivity index (χ1) is 13.1. The molecule has 144 valence electrons. The number of hydrogen-bond acceptors (Lipinski definition) is 2. The summed E-state index contributed by atoms with van der Waals surface area (Å²) in [5.41, 5.74) is 4.38. The van der Waals surface area contributed by atoms with Gasteiger partial charge in [0.1, 0.15) is 0 Å². The highest BCUT2D eigenvalue weighted by Gasteiger charge is 2.29. The van der Waals surface area contributed by atoms with Gasteiger partial charge in [0.2, 0.25) is 0 Å². The van der Waals surface area contributed by atoms with Gasteiger partial charge in [-0.25, -0.2) is 0 Å². The Kier molecular flexibility index (Phi) is 5.35. The molecule has 4 rings (SSSR count). The summed E-state index contributed by atoms with van der Waals surface area (Å²) < 4.78 is 2.26. The molecule has 2 heterocycles. The fourth-order valence-corrected chi connectivity index (χ4v) is 4.76. The van der Waals surface area contributed by atoms with Gasteiger partial charge in [-0.15, -0.1) is 0 Å². The molecule has 1 saturated heterocycles. The molecule has 27 heavy (non-hydrogen) atoms. The second kappa shape index (κ2) is 7.89. The number of hydrogen-bond donors (Lipinski definition) is 0. The third-order valence-corrected chi connectivity index (χ3v) is 6.43. The Labute approximate surface area is 162 Å². The summed E-state index contributed by atoms with van der Waals surface area (Å²) in [5.74, 6) is 0.202. The monoisotopic (exact) mass is 365 g/mol. The molecule has 2 fully saturated rings. The quantitative estimate of drug-likeness (QED) is 0.823. The fraction of sp³-hybridized carbons (Fsp3) is 0.522. The summed E-state index contributed by atoms with van der Waals surface area (Å²) in [6.45, 7) is 8.78. The number of piperazine rings is 1. The molecular weight excluding hydrogens is 334 g/mol. The molecule has 0 bridgehead atoms. The summed E-state index contributed by atoms with van der Waals surface area (Å²) in [7, 11) is 0. The van der Waals surface area contributed by atoms with Crippen LogP contribution in [0.1, 0.15) is 53.0 Å². The maximum Gasteiger partial charge on any atom is 0.255 e. The Hall–Kier alpha value is -2.07. The lowest BCUT2D eigenvalue weighted by Gasteiger charge is -2.38. The van der Waals surface area contributed by atoms with E-state index in [4.69, 9.17) is 0 Å². The maximum atomic E-state index is 13.2. The number of carbonyl (C=O) groups is 1. The van der Waals surface area contributed by atoms with E-state index < -0.39 is 0 Å². The van der Waals surface area contributed by atoms with Crippen molar-refractivity contribution < 1.29 is 4.79 Å². The molecule has 2 aromatic rings. The highest BCUT2D eigenvalue weighted by molar-refractivity contribution is 5.95. The zero-order valence-corrected chi connectivity index (χ0v) is 16.7. The van der Waals surface area contributed by atoms with E-state index in [2.05, 4.69) is 58.5 Å². The number of benzene rings is 1. The average molecular weight is 366 g/mol. The van der Waals surface area contributed by atoms with Crippen LogP contribution in [-0.4, -0.2) is 52.5 Å². The molecule has 1 saturated carbocycles. The standard InChI is InChI=1S/C23H31N3O/c1-18-16-22(19(2)26(18)17-20-8-4-3-5-9-20)23(27)25-14-12-24(13-15-25)21-10-6-7-11-21/h3-5,8-9,16,21H,6-7,10-15,17H2,1-2H3. The van der Waals surface area contributed by atoms with E-state index in [-0.39, 0.29) is 5.91 Å². The van der Waals surface area contributed by atoms with Crippen LogP contribution in [0.25, 0.3) is 0 Å². The zero-order valence-electron chi connectivity index (χ0n) is 16.7. The number of rotatable bonds is 4. The summed E-state index contributed by atoms with van der Waals surface area (Å²) in [4.78, 5) is 17.8. The van der Waals surface area contributed by atoms with Gasteiger partial charge < -0.3 is 9.47 Å². The van der Waals surface area contributed by atoms with E-state index in [1.807, 2.05) is 6.07 Å². The normalized spacial score (nSPS) is 19.0. The van der Waals surface area contributed by atoms with Crippen LogP contribution in [-0.2, 0) is 6.54 Å². The van der Waals surface area contributed by atoms with Crippen LogP contribution >= 0.6 is 0 Å². The lowest BCUT2D eigenvalue weighted by atomic mass is 10.1. The molecule has 0 unspecified atom stereocenters. The number of amides is 1. The molecular formula is C23H31N3O. The molecule has 1 aromatic carbocycles. The smallest absolute Gasteiger partial charge is 0.255 e. The summed E-state index contributed by atoms with van der Waals surface area (Å²) in [6, 6.07) is 13.3. The summed E-state index contributed by atoms with van der Waals surface area (Å²) >= 11 is 0. The highest BCUT2D eigenvalue weighted by atomic mass is 16.2. The molecule has 1 aliphatic heterocycles. The summed E-state index contributed by atoms with van der Waals surface area (Å²) in [6.07, 6.45) is 5.43. The SMILES string of the molecule is Cc1cc(C(=O)N2CCN(C3CCCC3)CC2)c(C)n1Cc1ccccc1. The average Bonchev–Trinajstić information content (AvgIpc) is 3.33. The Morgan fingerprint density at radius 3 is 2.33 bits per heavy atom. The van der Waals surface area contributed by atoms with E-state index in [1.54, 1.807) is 0 Å². The number of nitrogens with zero attached hydrogens (tertiary/aromatic N) is 3. The summed E-state index contributed by atoms with van der Waals surface area (Å²) in [5, 5.41) is 0. The van der Waals surface area contributed by atoms with Gasteiger partial charge in [0.15, 0.2) is 0 Å². The van der Waals surface area contributed by atoms with E-state index in [9.17, 15) is 4.79 Å². The molecule has 4 heteroatoms. The molecule has 1 aromatic heterocycles. The van der Waals surface area contributed by atoms with Crippen molar-refractivity contribution in [1.82, 2.24) is 14.4 Å². The Balaban J connectivity index is 1.44. The maximum absolute atomic E-state index is 13.2. The lowest BCUT2D eigenvalue weighted by Crippen LogP contribution is -2.51. The van der Waals surface area contributed by atoms with Crippen LogP contribution in [0.4, 0.5) is 0 Å². The second-order valence-electron chi connectivity index (χ2n) is 8.12. The molecule has 0 radical (unpaired) electrons. The van der Waals surface area contributed by atoms with Crippen molar-refractivity contribution in [3.05, 3.63) is 58.9 Å². The number of aromatic nitrogens is 1. The van der Waals surface area contributed by atoms with Crippen molar-refractivity contribution in [2.24, 2.45) is 0 Å². The Morgan fingerprint density at radius 2 is 1.67 bits per heavy atom. The number of aryl methyl sites for hydroxylation is 1. The molecule has 0 spiro atoms. The lowest BCUT2D eigenvalue weighted by molar-refractivity contribution is 0.0572. The van der Waals surface area contributed by atoms with Gasteiger partial charge in [-0.3, -0.25) is 9.69 Å². The van der Waals surface area contributed by atoms with Crippen molar-refractivity contribution in [1.29, 1.82) is 0 Å². The van der Waals surface area contributed by atoms with Crippen LogP contribution in [0.15, 0.2) is 36.4 Å².